The van der Waals surface area contributed by atoms with E-state index in [1.165, 1.54) is 6.07 Å². The van der Waals surface area contributed by atoms with E-state index in [2.05, 4.69) is 4.90 Å². The van der Waals surface area contributed by atoms with E-state index in [9.17, 15) is 9.18 Å². The molecule has 0 atom stereocenters. The second-order valence-electron chi connectivity index (χ2n) is 5.80. The van der Waals surface area contributed by atoms with E-state index >= 15 is 0 Å². The second kappa shape index (κ2) is 9.21. The molecule has 1 aliphatic rings. The highest BCUT2D eigenvalue weighted by Crippen LogP contribution is 2.20. The Morgan fingerprint density at radius 1 is 1.30 bits per heavy atom. The Morgan fingerprint density at radius 3 is 2.87 bits per heavy atom. The molecule has 0 N–H and O–H groups in total. The van der Waals surface area contributed by atoms with Gasteiger partial charge in [0.25, 0.3) is 0 Å². The van der Waals surface area contributed by atoms with Crippen molar-refractivity contribution >= 4 is 17.5 Å². The molecule has 1 fully saturated rings. The Hall–Kier alpha value is -1.17. The fourth-order valence-corrected chi connectivity index (χ4v) is 3.07. The molecule has 1 heterocycles. The number of ether oxygens (including phenoxy) is 1. The van der Waals surface area contributed by atoms with E-state index in [1.807, 2.05) is 4.90 Å². The fraction of sp³-hybridized carbons (Fsp3) is 0.588. The summed E-state index contributed by atoms with van der Waals surface area (Å²) in [6, 6.07) is 4.51. The molecule has 128 valence electrons. The van der Waals surface area contributed by atoms with Crippen LogP contribution in [-0.2, 0) is 16.0 Å². The molecular formula is C17H24ClFN2O2. The molecule has 0 saturated carbocycles. The summed E-state index contributed by atoms with van der Waals surface area (Å²) >= 11 is 6.01. The van der Waals surface area contributed by atoms with E-state index < -0.39 is 5.82 Å². The van der Waals surface area contributed by atoms with E-state index in [0.29, 0.717) is 23.7 Å². The van der Waals surface area contributed by atoms with Crippen molar-refractivity contribution < 1.29 is 13.9 Å². The van der Waals surface area contributed by atoms with Gasteiger partial charge in [0.05, 0.1) is 6.42 Å². The summed E-state index contributed by atoms with van der Waals surface area (Å²) in [6.07, 6.45) is 1.95. The lowest BCUT2D eigenvalue weighted by Crippen LogP contribution is -2.36. The van der Waals surface area contributed by atoms with Gasteiger partial charge in [-0.3, -0.25) is 4.79 Å². The maximum Gasteiger partial charge on any atom is 0.227 e. The van der Waals surface area contributed by atoms with Crippen molar-refractivity contribution in [3.8, 4) is 0 Å². The van der Waals surface area contributed by atoms with Gasteiger partial charge in [0.2, 0.25) is 5.91 Å². The number of nitrogens with zero attached hydrogens (tertiary/aromatic N) is 2. The Bertz CT molecular complexity index is 507. The number of hydrogen-bond donors (Lipinski definition) is 0. The van der Waals surface area contributed by atoms with Crippen LogP contribution in [-0.4, -0.2) is 62.1 Å². The van der Waals surface area contributed by atoms with Crippen LogP contribution in [0.1, 0.15) is 18.4 Å². The lowest BCUT2D eigenvalue weighted by molar-refractivity contribution is -0.130. The zero-order chi connectivity index (χ0) is 16.7. The molecule has 1 aromatic rings. The summed E-state index contributed by atoms with van der Waals surface area (Å²) in [7, 11) is 1.71. The molecule has 1 amide bonds. The van der Waals surface area contributed by atoms with E-state index in [-0.39, 0.29) is 12.3 Å². The third-order valence-electron chi connectivity index (χ3n) is 4.15. The minimum absolute atomic E-state index is 0.0230. The number of hydrogen-bond acceptors (Lipinski definition) is 3. The van der Waals surface area contributed by atoms with Crippen molar-refractivity contribution in [3.63, 3.8) is 0 Å². The first-order valence-corrected chi connectivity index (χ1v) is 8.41. The van der Waals surface area contributed by atoms with E-state index in [0.717, 1.165) is 39.1 Å². The number of methoxy groups -OCH3 is 1. The van der Waals surface area contributed by atoms with Crippen LogP contribution >= 0.6 is 11.6 Å². The van der Waals surface area contributed by atoms with Gasteiger partial charge in [-0.1, -0.05) is 17.7 Å². The first kappa shape index (κ1) is 18.2. The SMILES string of the molecule is COCCCN1CCCN(C(=O)Cc2c(F)cccc2Cl)CC1. The molecule has 23 heavy (non-hydrogen) atoms. The Morgan fingerprint density at radius 2 is 2.13 bits per heavy atom. The summed E-state index contributed by atoms with van der Waals surface area (Å²) in [5.41, 5.74) is 0.292. The number of halogens is 2. The molecule has 1 aromatic carbocycles. The molecule has 1 aliphatic heterocycles. The third kappa shape index (κ3) is 5.44. The average Bonchev–Trinajstić information content (AvgIpc) is 2.77. The van der Waals surface area contributed by atoms with Gasteiger partial charge in [0.15, 0.2) is 0 Å². The van der Waals surface area contributed by atoms with Crippen LogP contribution in [0.5, 0.6) is 0 Å². The fourth-order valence-electron chi connectivity index (χ4n) is 2.84. The molecular weight excluding hydrogens is 319 g/mol. The molecule has 0 aliphatic carbocycles. The van der Waals surface area contributed by atoms with Gasteiger partial charge < -0.3 is 14.5 Å². The summed E-state index contributed by atoms with van der Waals surface area (Å²) < 4.78 is 18.9. The van der Waals surface area contributed by atoms with Crippen molar-refractivity contribution in [2.75, 3.05) is 46.4 Å². The molecule has 0 radical (unpaired) electrons. The first-order chi connectivity index (χ1) is 11.1. The predicted molar refractivity (Wildman–Crippen MR) is 89.2 cm³/mol. The quantitative estimate of drug-likeness (QED) is 0.745. The number of benzene rings is 1. The van der Waals surface area contributed by atoms with Gasteiger partial charge in [0, 0.05) is 50.5 Å². The summed E-state index contributed by atoms with van der Waals surface area (Å²) in [6.45, 7) is 4.96. The normalized spacial score (nSPS) is 16.4. The molecule has 2 rings (SSSR count). The van der Waals surface area contributed by atoms with Crippen molar-refractivity contribution in [2.24, 2.45) is 0 Å². The second-order valence-corrected chi connectivity index (χ2v) is 6.21. The summed E-state index contributed by atoms with van der Waals surface area (Å²) in [5, 5.41) is 0.314. The van der Waals surface area contributed by atoms with E-state index in [4.69, 9.17) is 16.3 Å². The number of amides is 1. The predicted octanol–water partition coefficient (Wildman–Crippen LogP) is 2.59. The molecule has 0 aromatic heterocycles. The highest BCUT2D eigenvalue weighted by atomic mass is 35.5. The number of carbonyl (C=O) groups is 1. The van der Waals surface area contributed by atoms with Crippen molar-refractivity contribution in [1.29, 1.82) is 0 Å². The zero-order valence-electron chi connectivity index (χ0n) is 13.6. The first-order valence-electron chi connectivity index (χ1n) is 8.03. The third-order valence-corrected chi connectivity index (χ3v) is 4.51. The van der Waals surface area contributed by atoms with Crippen LogP contribution < -0.4 is 0 Å². The molecule has 0 spiro atoms. The monoisotopic (exact) mass is 342 g/mol. The maximum atomic E-state index is 13.8. The minimum Gasteiger partial charge on any atom is -0.385 e. The topological polar surface area (TPSA) is 32.8 Å². The Labute approximate surface area is 142 Å². The highest BCUT2D eigenvalue weighted by molar-refractivity contribution is 6.31. The van der Waals surface area contributed by atoms with Gasteiger partial charge >= 0.3 is 0 Å². The molecule has 1 saturated heterocycles. The minimum atomic E-state index is -0.415. The van der Waals surface area contributed by atoms with Crippen LogP contribution in [0, 0.1) is 5.82 Å². The lowest BCUT2D eigenvalue weighted by Gasteiger charge is -2.22. The van der Waals surface area contributed by atoms with Crippen LogP contribution in [0.2, 0.25) is 5.02 Å². The maximum absolute atomic E-state index is 13.8. The van der Waals surface area contributed by atoms with Crippen molar-refractivity contribution in [2.45, 2.75) is 19.3 Å². The Balaban J connectivity index is 1.88. The number of carbonyl (C=O) groups excluding carboxylic acids is 1. The van der Waals surface area contributed by atoms with Gasteiger partial charge in [-0.05, 0) is 31.5 Å². The standard InChI is InChI=1S/C17H24ClFN2O2/c1-23-12-4-8-20-7-3-9-21(11-10-20)17(22)13-14-15(18)5-2-6-16(14)19/h2,5-6H,3-4,7-13H2,1H3. The van der Waals surface area contributed by atoms with Crippen molar-refractivity contribution in [1.82, 2.24) is 9.80 Å². The molecule has 0 bridgehead atoms. The summed E-state index contributed by atoms with van der Waals surface area (Å²) in [4.78, 5) is 16.6. The summed E-state index contributed by atoms with van der Waals surface area (Å²) in [5.74, 6) is -0.474. The van der Waals surface area contributed by atoms with Crippen LogP contribution in [0.25, 0.3) is 0 Å². The Kier molecular flexibility index (Phi) is 7.27. The van der Waals surface area contributed by atoms with Crippen LogP contribution in [0.4, 0.5) is 4.39 Å². The molecule has 0 unspecified atom stereocenters. The zero-order valence-corrected chi connectivity index (χ0v) is 14.3. The smallest absolute Gasteiger partial charge is 0.227 e. The molecule has 6 heteroatoms. The number of rotatable bonds is 6. The highest BCUT2D eigenvalue weighted by Gasteiger charge is 2.21. The van der Waals surface area contributed by atoms with E-state index in [1.54, 1.807) is 19.2 Å². The van der Waals surface area contributed by atoms with Gasteiger partial charge in [0.1, 0.15) is 5.82 Å². The largest absolute Gasteiger partial charge is 0.385 e. The average molecular weight is 343 g/mol. The van der Waals surface area contributed by atoms with Crippen LogP contribution in [0.3, 0.4) is 0 Å². The molecule has 4 nitrogen and oxygen atoms in total. The lowest BCUT2D eigenvalue weighted by atomic mass is 10.1. The van der Waals surface area contributed by atoms with Crippen molar-refractivity contribution in [3.05, 3.63) is 34.6 Å². The van der Waals surface area contributed by atoms with Gasteiger partial charge in [-0.25, -0.2) is 4.39 Å². The van der Waals surface area contributed by atoms with Crippen LogP contribution in [0.15, 0.2) is 18.2 Å². The van der Waals surface area contributed by atoms with Gasteiger partial charge in [-0.15, -0.1) is 0 Å². The van der Waals surface area contributed by atoms with Gasteiger partial charge in [-0.2, -0.15) is 0 Å².